The van der Waals surface area contributed by atoms with Crippen LogP contribution >= 0.6 is 11.3 Å². The number of hydrogen-bond donors (Lipinski definition) is 1. The van der Waals surface area contributed by atoms with Gasteiger partial charge in [0.1, 0.15) is 5.75 Å². The second-order valence-electron chi connectivity index (χ2n) is 6.47. The number of fused-ring (bicyclic) bond motifs is 1. The van der Waals surface area contributed by atoms with Crippen LogP contribution in [0.3, 0.4) is 0 Å². The van der Waals surface area contributed by atoms with E-state index < -0.39 is 10.8 Å². The van der Waals surface area contributed by atoms with E-state index in [1.807, 2.05) is 12.1 Å². The van der Waals surface area contributed by atoms with Crippen LogP contribution < -0.4 is 15.0 Å². The highest BCUT2D eigenvalue weighted by atomic mass is 32.1. The number of methoxy groups -OCH3 is 1. The van der Waals surface area contributed by atoms with Crippen molar-refractivity contribution in [1.82, 2.24) is 4.98 Å². The van der Waals surface area contributed by atoms with E-state index in [9.17, 15) is 14.9 Å². The molecule has 0 saturated carbocycles. The molecular formula is C19H18N4O4S. The third-order valence-corrected chi connectivity index (χ3v) is 5.73. The van der Waals surface area contributed by atoms with Gasteiger partial charge in [0.25, 0.3) is 11.6 Å². The molecule has 0 bridgehead atoms. The minimum Gasteiger partial charge on any atom is -0.496 e. The molecular weight excluding hydrogens is 380 g/mol. The van der Waals surface area contributed by atoms with E-state index >= 15 is 0 Å². The Balaban J connectivity index is 1.60. The molecule has 0 spiro atoms. The SMILES string of the molecule is COc1ccc([N+](=O)[O-])cc1C(=O)Nc1ccc2nc(N3CCCC3)sc2c1. The predicted molar refractivity (Wildman–Crippen MR) is 109 cm³/mol. The Labute approximate surface area is 164 Å². The molecule has 1 aromatic heterocycles. The van der Waals surface area contributed by atoms with Gasteiger partial charge in [-0.3, -0.25) is 14.9 Å². The zero-order valence-electron chi connectivity index (χ0n) is 15.2. The molecule has 0 aliphatic carbocycles. The number of non-ortho nitro benzene ring substituents is 1. The third-order valence-electron chi connectivity index (χ3n) is 4.65. The Morgan fingerprint density at radius 2 is 2.04 bits per heavy atom. The van der Waals surface area contributed by atoms with Crippen molar-refractivity contribution in [2.45, 2.75) is 12.8 Å². The highest BCUT2D eigenvalue weighted by Gasteiger charge is 2.19. The van der Waals surface area contributed by atoms with Crippen LogP contribution in [0, 0.1) is 10.1 Å². The Morgan fingerprint density at radius 3 is 2.75 bits per heavy atom. The molecule has 3 aromatic rings. The van der Waals surface area contributed by atoms with E-state index in [0.29, 0.717) is 5.69 Å². The average Bonchev–Trinajstić information content (AvgIpc) is 3.36. The van der Waals surface area contributed by atoms with Gasteiger partial charge in [-0.1, -0.05) is 11.3 Å². The van der Waals surface area contributed by atoms with Gasteiger partial charge in [-0.2, -0.15) is 0 Å². The van der Waals surface area contributed by atoms with Gasteiger partial charge in [-0.05, 0) is 37.1 Å². The van der Waals surface area contributed by atoms with Crippen molar-refractivity contribution in [3.05, 3.63) is 52.1 Å². The van der Waals surface area contributed by atoms with E-state index in [2.05, 4.69) is 15.2 Å². The standard InChI is InChI=1S/C19H18N4O4S/c1-27-16-7-5-13(23(25)26)11-14(16)18(24)20-12-4-6-15-17(10-12)28-19(21-15)22-8-2-3-9-22/h4-7,10-11H,2-3,8-9H2,1H3,(H,20,24). The quantitative estimate of drug-likeness (QED) is 0.514. The minimum atomic E-state index is -0.542. The van der Waals surface area contributed by atoms with Crippen LogP contribution in [0.25, 0.3) is 10.2 Å². The van der Waals surface area contributed by atoms with Crippen molar-refractivity contribution < 1.29 is 14.5 Å². The van der Waals surface area contributed by atoms with E-state index in [0.717, 1.165) is 28.4 Å². The molecule has 144 valence electrons. The lowest BCUT2D eigenvalue weighted by Gasteiger charge is -2.11. The number of thiazole rings is 1. The van der Waals surface area contributed by atoms with Crippen LogP contribution in [0.15, 0.2) is 36.4 Å². The highest BCUT2D eigenvalue weighted by Crippen LogP contribution is 2.33. The molecule has 0 unspecified atom stereocenters. The van der Waals surface area contributed by atoms with Gasteiger partial charge in [-0.25, -0.2) is 4.98 Å². The molecule has 1 N–H and O–H groups in total. The normalized spacial score (nSPS) is 13.7. The zero-order valence-corrected chi connectivity index (χ0v) is 16.0. The lowest BCUT2D eigenvalue weighted by Crippen LogP contribution is -2.16. The predicted octanol–water partition coefficient (Wildman–Crippen LogP) is 4.07. The summed E-state index contributed by atoms with van der Waals surface area (Å²) in [5.41, 5.74) is 1.43. The Morgan fingerprint density at radius 1 is 1.25 bits per heavy atom. The maximum Gasteiger partial charge on any atom is 0.270 e. The van der Waals surface area contributed by atoms with Crippen molar-refractivity contribution in [1.29, 1.82) is 0 Å². The number of nitrogens with zero attached hydrogens (tertiary/aromatic N) is 3. The third kappa shape index (κ3) is 3.48. The van der Waals surface area contributed by atoms with Gasteiger partial charge in [0, 0.05) is 30.9 Å². The molecule has 9 heteroatoms. The summed E-state index contributed by atoms with van der Waals surface area (Å²) in [5, 5.41) is 14.8. The second-order valence-corrected chi connectivity index (χ2v) is 7.48. The van der Waals surface area contributed by atoms with Gasteiger partial charge in [0.2, 0.25) is 0 Å². The van der Waals surface area contributed by atoms with Crippen molar-refractivity contribution >= 4 is 44.0 Å². The summed E-state index contributed by atoms with van der Waals surface area (Å²) in [6.07, 6.45) is 2.37. The summed E-state index contributed by atoms with van der Waals surface area (Å²) in [6, 6.07) is 9.45. The number of rotatable bonds is 5. The summed E-state index contributed by atoms with van der Waals surface area (Å²) >= 11 is 1.60. The maximum absolute atomic E-state index is 12.7. The minimum absolute atomic E-state index is 0.110. The number of benzene rings is 2. The summed E-state index contributed by atoms with van der Waals surface area (Å²) in [6.45, 7) is 2.05. The zero-order chi connectivity index (χ0) is 19.7. The summed E-state index contributed by atoms with van der Waals surface area (Å²) in [7, 11) is 1.42. The molecule has 1 fully saturated rings. The van der Waals surface area contributed by atoms with Crippen LogP contribution in [0.1, 0.15) is 23.2 Å². The lowest BCUT2D eigenvalue weighted by molar-refractivity contribution is -0.384. The van der Waals surface area contributed by atoms with E-state index in [1.54, 1.807) is 17.4 Å². The fourth-order valence-electron chi connectivity index (χ4n) is 3.22. The Hall–Kier alpha value is -3.20. The number of carbonyl (C=O) groups is 1. The van der Waals surface area contributed by atoms with Crippen molar-refractivity contribution in [2.24, 2.45) is 0 Å². The first-order chi connectivity index (χ1) is 13.5. The number of amides is 1. The van der Waals surface area contributed by atoms with Gasteiger partial charge < -0.3 is 15.0 Å². The largest absolute Gasteiger partial charge is 0.496 e. The van der Waals surface area contributed by atoms with E-state index in [-0.39, 0.29) is 17.0 Å². The summed E-state index contributed by atoms with van der Waals surface area (Å²) in [5.74, 6) is -0.192. The number of anilines is 2. The number of carbonyl (C=O) groups excluding carboxylic acids is 1. The molecule has 8 nitrogen and oxygen atoms in total. The molecule has 1 aliphatic heterocycles. The number of nitro groups is 1. The molecule has 1 amide bonds. The number of nitrogens with one attached hydrogen (secondary N) is 1. The first-order valence-electron chi connectivity index (χ1n) is 8.84. The number of ether oxygens (including phenoxy) is 1. The number of nitro benzene ring substituents is 1. The molecule has 2 heterocycles. The van der Waals surface area contributed by atoms with Crippen LogP contribution in [0.2, 0.25) is 0 Å². The number of aromatic nitrogens is 1. The first-order valence-corrected chi connectivity index (χ1v) is 9.66. The molecule has 1 aliphatic rings. The van der Waals surface area contributed by atoms with Gasteiger partial charge in [-0.15, -0.1) is 0 Å². The average molecular weight is 398 g/mol. The summed E-state index contributed by atoms with van der Waals surface area (Å²) < 4.78 is 6.15. The fourth-order valence-corrected chi connectivity index (χ4v) is 4.28. The van der Waals surface area contributed by atoms with Crippen LogP contribution in [-0.2, 0) is 0 Å². The second kappa shape index (κ2) is 7.43. The molecule has 4 rings (SSSR count). The topological polar surface area (TPSA) is 97.6 Å². The van der Waals surface area contributed by atoms with Crippen LogP contribution in [0.5, 0.6) is 5.75 Å². The van der Waals surface area contributed by atoms with Crippen molar-refractivity contribution in [3.63, 3.8) is 0 Å². The van der Waals surface area contributed by atoms with E-state index in [4.69, 9.17) is 4.74 Å². The monoisotopic (exact) mass is 398 g/mol. The maximum atomic E-state index is 12.7. The Kier molecular flexibility index (Phi) is 4.82. The smallest absolute Gasteiger partial charge is 0.270 e. The lowest BCUT2D eigenvalue weighted by atomic mass is 10.1. The van der Waals surface area contributed by atoms with E-state index in [1.165, 1.54) is 38.2 Å². The fraction of sp³-hybridized carbons (Fsp3) is 0.263. The van der Waals surface area contributed by atoms with Crippen LogP contribution in [-0.4, -0.2) is 36.0 Å². The van der Waals surface area contributed by atoms with Gasteiger partial charge >= 0.3 is 0 Å². The molecule has 0 atom stereocenters. The highest BCUT2D eigenvalue weighted by molar-refractivity contribution is 7.22. The van der Waals surface area contributed by atoms with Crippen LogP contribution in [0.4, 0.5) is 16.5 Å². The first kappa shape index (κ1) is 18.2. The Bertz CT molecular complexity index is 1060. The molecule has 0 radical (unpaired) electrons. The summed E-state index contributed by atoms with van der Waals surface area (Å²) in [4.78, 5) is 30.1. The van der Waals surface area contributed by atoms with Gasteiger partial charge in [0.05, 0.1) is 27.8 Å². The molecule has 28 heavy (non-hydrogen) atoms. The van der Waals surface area contributed by atoms with Crippen molar-refractivity contribution in [2.75, 3.05) is 30.4 Å². The molecule has 1 saturated heterocycles. The number of hydrogen-bond acceptors (Lipinski definition) is 7. The molecule has 2 aromatic carbocycles. The van der Waals surface area contributed by atoms with Gasteiger partial charge in [0.15, 0.2) is 5.13 Å². The van der Waals surface area contributed by atoms with Crippen molar-refractivity contribution in [3.8, 4) is 5.75 Å².